The molecule has 0 amide bonds. The van der Waals surface area contributed by atoms with Crippen molar-refractivity contribution in [2.75, 3.05) is 27.9 Å². The van der Waals surface area contributed by atoms with Crippen LogP contribution in [0.15, 0.2) is 48.5 Å². The summed E-state index contributed by atoms with van der Waals surface area (Å²) in [5.74, 6) is 1.67. The van der Waals surface area contributed by atoms with Gasteiger partial charge in [-0.15, -0.1) is 0 Å². The molecular formula is C31H36O8. The minimum absolute atomic E-state index is 0.0298. The number of aliphatic hydroxyl groups is 1. The molecule has 1 atom stereocenters. The molecule has 8 heteroatoms. The van der Waals surface area contributed by atoms with Crippen LogP contribution >= 0.6 is 0 Å². The summed E-state index contributed by atoms with van der Waals surface area (Å²) in [4.78, 5) is 0. The maximum atomic E-state index is 11.0. The van der Waals surface area contributed by atoms with Gasteiger partial charge in [-0.1, -0.05) is 32.3 Å². The van der Waals surface area contributed by atoms with Gasteiger partial charge < -0.3 is 39.0 Å². The third-order valence-corrected chi connectivity index (χ3v) is 6.79. The van der Waals surface area contributed by atoms with E-state index < -0.39 is 5.79 Å². The fraction of sp³-hybridized carbons (Fsp3) is 0.355. The van der Waals surface area contributed by atoms with E-state index in [-0.39, 0.29) is 18.1 Å². The molecule has 3 aromatic rings. The second kappa shape index (κ2) is 12.2. The van der Waals surface area contributed by atoms with Crippen molar-refractivity contribution >= 4 is 11.6 Å². The first-order chi connectivity index (χ1) is 18.8. The highest BCUT2D eigenvalue weighted by Gasteiger charge is 2.44. The van der Waals surface area contributed by atoms with Gasteiger partial charge in [-0.25, -0.2) is 0 Å². The maximum Gasteiger partial charge on any atom is 0.270 e. The van der Waals surface area contributed by atoms with E-state index in [4.69, 9.17) is 28.8 Å². The first-order valence-corrected chi connectivity index (χ1v) is 13.0. The average Bonchev–Trinajstić information content (AvgIpc) is 2.94. The van der Waals surface area contributed by atoms with Gasteiger partial charge in [-0.3, -0.25) is 0 Å². The van der Waals surface area contributed by atoms with Crippen LogP contribution < -0.4 is 23.7 Å². The number of benzene rings is 3. The molecule has 2 aliphatic heterocycles. The summed E-state index contributed by atoms with van der Waals surface area (Å²) in [5, 5.41) is 29.6. The number of hydrogen-bond acceptors (Lipinski definition) is 8. The average molecular weight is 537 g/mol. The van der Waals surface area contributed by atoms with Gasteiger partial charge in [0, 0.05) is 34.9 Å². The first-order valence-electron chi connectivity index (χ1n) is 13.0. The quantitative estimate of drug-likeness (QED) is 0.304. The Balaban J connectivity index is 0.000000215. The number of phenolic OH excluding ortho intramolecular Hbond substituents is 2. The minimum atomic E-state index is -1.58. The molecule has 208 valence electrons. The summed E-state index contributed by atoms with van der Waals surface area (Å²) in [5.41, 5.74) is 3.10. The number of ether oxygens (including phenoxy) is 5. The lowest BCUT2D eigenvalue weighted by atomic mass is 9.90. The highest BCUT2D eigenvalue weighted by Crippen LogP contribution is 2.49. The van der Waals surface area contributed by atoms with Gasteiger partial charge in [0.25, 0.3) is 5.79 Å². The number of methoxy groups -OCH3 is 3. The van der Waals surface area contributed by atoms with Crippen molar-refractivity contribution in [2.45, 2.75) is 44.8 Å². The van der Waals surface area contributed by atoms with Crippen LogP contribution in [0.3, 0.4) is 0 Å². The van der Waals surface area contributed by atoms with Crippen molar-refractivity contribution in [2.24, 2.45) is 0 Å². The monoisotopic (exact) mass is 536 g/mol. The third-order valence-electron chi connectivity index (χ3n) is 6.79. The topological polar surface area (TPSA) is 107 Å². The molecule has 0 radical (unpaired) electrons. The summed E-state index contributed by atoms with van der Waals surface area (Å²) in [6.45, 7) is 2.15. The van der Waals surface area contributed by atoms with Crippen molar-refractivity contribution in [3.05, 3.63) is 65.2 Å². The molecule has 2 aliphatic rings. The third kappa shape index (κ3) is 6.17. The second-order valence-corrected chi connectivity index (χ2v) is 9.46. The molecule has 39 heavy (non-hydrogen) atoms. The molecule has 0 aliphatic carbocycles. The predicted octanol–water partition coefficient (Wildman–Crippen LogP) is 5.95. The summed E-state index contributed by atoms with van der Waals surface area (Å²) >= 11 is 0. The van der Waals surface area contributed by atoms with Crippen molar-refractivity contribution in [1.29, 1.82) is 0 Å². The molecule has 0 fully saturated rings. The molecule has 0 spiro atoms. The van der Waals surface area contributed by atoms with Crippen molar-refractivity contribution in [3.63, 3.8) is 0 Å². The van der Waals surface area contributed by atoms with Crippen LogP contribution in [0.4, 0.5) is 0 Å². The first kappa shape index (κ1) is 28.0. The van der Waals surface area contributed by atoms with E-state index in [0.29, 0.717) is 39.9 Å². The Kier molecular flexibility index (Phi) is 8.76. The summed E-state index contributed by atoms with van der Waals surface area (Å²) in [6, 6.07) is 13.8. The number of aromatic hydroxyl groups is 2. The number of unbranched alkanes of at least 4 members (excludes halogenated alkanes) is 3. The lowest BCUT2D eigenvalue weighted by molar-refractivity contribution is -0.116. The molecule has 0 saturated carbocycles. The van der Waals surface area contributed by atoms with Crippen LogP contribution in [-0.4, -0.2) is 49.0 Å². The van der Waals surface area contributed by atoms with Gasteiger partial charge in [0.05, 0.1) is 21.3 Å². The lowest BCUT2D eigenvalue weighted by Crippen LogP contribution is -2.47. The van der Waals surface area contributed by atoms with Crippen LogP contribution in [0.2, 0.25) is 0 Å². The Morgan fingerprint density at radius 2 is 1.62 bits per heavy atom. The molecule has 0 bridgehead atoms. The largest absolute Gasteiger partial charge is 0.508 e. The fourth-order valence-electron chi connectivity index (χ4n) is 4.62. The number of rotatable bonds is 8. The van der Waals surface area contributed by atoms with Crippen molar-refractivity contribution in [3.8, 4) is 40.2 Å². The number of fused-ring (bicyclic) bond motifs is 4. The van der Waals surface area contributed by atoms with Gasteiger partial charge in [-0.2, -0.15) is 0 Å². The van der Waals surface area contributed by atoms with Crippen LogP contribution in [0.1, 0.15) is 49.3 Å². The lowest BCUT2D eigenvalue weighted by Gasteiger charge is -2.39. The van der Waals surface area contributed by atoms with E-state index in [9.17, 15) is 10.2 Å². The van der Waals surface area contributed by atoms with E-state index in [1.165, 1.54) is 25.3 Å². The normalized spacial score (nSPS) is 16.6. The fourth-order valence-corrected chi connectivity index (χ4v) is 4.62. The number of aryl methyl sites for hydroxylation is 1. The highest BCUT2D eigenvalue weighted by molar-refractivity contribution is 5.92. The van der Waals surface area contributed by atoms with Crippen molar-refractivity contribution < 1.29 is 39.0 Å². The van der Waals surface area contributed by atoms with Crippen molar-refractivity contribution in [1.82, 2.24) is 0 Å². The number of phenols is 2. The van der Waals surface area contributed by atoms with Gasteiger partial charge >= 0.3 is 0 Å². The van der Waals surface area contributed by atoms with Crippen LogP contribution in [0.25, 0.3) is 11.6 Å². The van der Waals surface area contributed by atoms with Crippen LogP contribution in [-0.2, 0) is 6.42 Å². The zero-order chi connectivity index (χ0) is 28.0. The Morgan fingerprint density at radius 3 is 2.31 bits per heavy atom. The molecule has 2 heterocycles. The van der Waals surface area contributed by atoms with E-state index >= 15 is 0 Å². The standard InChI is InChI=1S/C19H18O6.C12H18O2/c1-21-12-5-4-11-6-14-13-8-17(22-2)18(23-3)9-16(13)24-10-19(14,20)25-15(11)7-12;1-2-3-4-5-6-10-7-8-11(13)9-12(10)14/h4-9,20H,10H2,1-3H3;7-9,13-14H,2-6H2,1H3. The van der Waals surface area contributed by atoms with E-state index in [1.807, 2.05) is 18.2 Å². The van der Waals surface area contributed by atoms with Gasteiger partial charge in [0.2, 0.25) is 0 Å². The molecule has 8 nitrogen and oxygen atoms in total. The van der Waals surface area contributed by atoms with Gasteiger partial charge in [0.15, 0.2) is 18.1 Å². The molecular weight excluding hydrogens is 500 g/mol. The highest BCUT2D eigenvalue weighted by atomic mass is 16.7. The molecule has 5 rings (SSSR count). The molecule has 1 unspecified atom stereocenters. The molecule has 3 aromatic carbocycles. The molecule has 3 N–H and O–H groups in total. The predicted molar refractivity (Wildman–Crippen MR) is 149 cm³/mol. The zero-order valence-electron chi connectivity index (χ0n) is 22.8. The Hall–Kier alpha value is -4.04. The number of hydrogen-bond donors (Lipinski definition) is 3. The SMILES string of the molecule is CCCCCCc1ccc(O)cc1O.COc1ccc2c(c1)OC1(O)COc3cc(OC)c(OC)cc3C1=C2. The summed E-state index contributed by atoms with van der Waals surface area (Å²) in [7, 11) is 4.71. The van der Waals surface area contributed by atoms with Gasteiger partial charge in [-0.05, 0) is 48.7 Å². The van der Waals surface area contributed by atoms with Gasteiger partial charge in [0.1, 0.15) is 28.7 Å². The smallest absolute Gasteiger partial charge is 0.270 e. The summed E-state index contributed by atoms with van der Waals surface area (Å²) < 4.78 is 27.5. The maximum absolute atomic E-state index is 11.0. The van der Waals surface area contributed by atoms with Crippen LogP contribution in [0, 0.1) is 0 Å². The summed E-state index contributed by atoms with van der Waals surface area (Å²) in [6.07, 6.45) is 7.57. The molecule has 0 aromatic heterocycles. The van der Waals surface area contributed by atoms with E-state index in [0.717, 1.165) is 24.0 Å². The Morgan fingerprint density at radius 1 is 0.846 bits per heavy atom. The van der Waals surface area contributed by atoms with E-state index in [2.05, 4.69) is 6.92 Å². The van der Waals surface area contributed by atoms with Crippen LogP contribution in [0.5, 0.6) is 40.2 Å². The zero-order valence-corrected chi connectivity index (χ0v) is 22.8. The Bertz CT molecular complexity index is 1330. The molecule has 0 saturated heterocycles. The minimum Gasteiger partial charge on any atom is -0.508 e. The Labute approximate surface area is 229 Å². The van der Waals surface area contributed by atoms with E-state index in [1.54, 1.807) is 51.7 Å². The second-order valence-electron chi connectivity index (χ2n) is 9.46.